The summed E-state index contributed by atoms with van der Waals surface area (Å²) in [5, 5.41) is 0. The molecule has 0 aromatic heterocycles. The van der Waals surface area contributed by atoms with E-state index < -0.39 is 42.5 Å². The lowest BCUT2D eigenvalue weighted by molar-refractivity contribution is -0.260. The molecule has 9 heteroatoms. The quantitative estimate of drug-likeness (QED) is 0.523. The number of aryl methyl sites for hydroxylation is 1. The van der Waals surface area contributed by atoms with E-state index in [1.165, 1.54) is 27.9 Å². The van der Waals surface area contributed by atoms with E-state index in [0.29, 0.717) is 11.5 Å². The van der Waals surface area contributed by atoms with Crippen LogP contribution in [0.1, 0.15) is 26.3 Å². The Hall–Kier alpha value is -2.81. The summed E-state index contributed by atoms with van der Waals surface area (Å²) in [7, 11) is 1.49. The average Bonchev–Trinajstić information content (AvgIpc) is 2.60. The zero-order valence-electron chi connectivity index (χ0n) is 16.4. The maximum absolute atomic E-state index is 11.6. The SMILES string of the molecule is COc1cc(C)ccc1O[C@@H]1OC[C@@H](OC(C)=O)[C@H](OC(C)=O)[C@H]1OC(C)=O. The van der Waals surface area contributed by atoms with Gasteiger partial charge in [-0.2, -0.15) is 0 Å². The van der Waals surface area contributed by atoms with Gasteiger partial charge in [-0.05, 0) is 24.6 Å². The van der Waals surface area contributed by atoms with Crippen molar-refractivity contribution in [2.45, 2.75) is 52.3 Å². The summed E-state index contributed by atoms with van der Waals surface area (Å²) in [4.78, 5) is 34.6. The minimum atomic E-state index is -1.16. The molecule has 1 heterocycles. The summed E-state index contributed by atoms with van der Waals surface area (Å²) in [6.07, 6.45) is -4.33. The molecule has 1 fully saturated rings. The lowest BCUT2D eigenvalue weighted by Crippen LogP contribution is -2.59. The summed E-state index contributed by atoms with van der Waals surface area (Å²) in [6.45, 7) is 5.39. The lowest BCUT2D eigenvalue weighted by Gasteiger charge is -2.40. The minimum Gasteiger partial charge on any atom is -0.493 e. The van der Waals surface area contributed by atoms with Crippen molar-refractivity contribution in [3.63, 3.8) is 0 Å². The van der Waals surface area contributed by atoms with Crippen molar-refractivity contribution in [1.29, 1.82) is 0 Å². The van der Waals surface area contributed by atoms with Crippen molar-refractivity contribution in [2.24, 2.45) is 0 Å². The molecular formula is C19H24O9. The largest absolute Gasteiger partial charge is 0.493 e. The van der Waals surface area contributed by atoms with Crippen molar-refractivity contribution in [1.82, 2.24) is 0 Å². The second kappa shape index (κ2) is 9.41. The van der Waals surface area contributed by atoms with Crippen LogP contribution in [0.25, 0.3) is 0 Å². The van der Waals surface area contributed by atoms with Gasteiger partial charge in [0.1, 0.15) is 0 Å². The van der Waals surface area contributed by atoms with Gasteiger partial charge in [-0.25, -0.2) is 0 Å². The van der Waals surface area contributed by atoms with E-state index in [1.54, 1.807) is 12.1 Å². The monoisotopic (exact) mass is 396 g/mol. The highest BCUT2D eigenvalue weighted by Crippen LogP contribution is 2.32. The van der Waals surface area contributed by atoms with E-state index in [4.69, 9.17) is 28.4 Å². The predicted octanol–water partition coefficient (Wildman–Crippen LogP) is 1.53. The summed E-state index contributed by atoms with van der Waals surface area (Å²) < 4.78 is 32.5. The Bertz CT molecular complexity index is 730. The van der Waals surface area contributed by atoms with Crippen molar-refractivity contribution in [2.75, 3.05) is 13.7 Å². The molecule has 0 amide bonds. The first kappa shape index (κ1) is 21.5. The number of hydrogen-bond donors (Lipinski definition) is 0. The third-order valence-corrected chi connectivity index (χ3v) is 3.87. The van der Waals surface area contributed by atoms with Crippen molar-refractivity contribution >= 4 is 17.9 Å². The van der Waals surface area contributed by atoms with Gasteiger partial charge >= 0.3 is 17.9 Å². The van der Waals surface area contributed by atoms with E-state index >= 15 is 0 Å². The first-order valence-corrected chi connectivity index (χ1v) is 8.65. The van der Waals surface area contributed by atoms with E-state index in [2.05, 4.69) is 0 Å². The van der Waals surface area contributed by atoms with Gasteiger partial charge in [0, 0.05) is 20.8 Å². The average molecular weight is 396 g/mol. The molecule has 1 saturated heterocycles. The molecule has 0 unspecified atom stereocenters. The second-order valence-corrected chi connectivity index (χ2v) is 6.27. The van der Waals surface area contributed by atoms with Gasteiger partial charge in [0.2, 0.25) is 12.4 Å². The van der Waals surface area contributed by atoms with Crippen LogP contribution in [0.5, 0.6) is 11.5 Å². The molecule has 4 atom stereocenters. The van der Waals surface area contributed by atoms with Crippen molar-refractivity contribution < 1.29 is 42.8 Å². The number of hydrogen-bond acceptors (Lipinski definition) is 9. The first-order valence-electron chi connectivity index (χ1n) is 8.65. The molecule has 154 valence electrons. The predicted molar refractivity (Wildman–Crippen MR) is 94.8 cm³/mol. The Balaban J connectivity index is 2.33. The standard InChI is InChI=1S/C19H24O9/c1-10-6-7-14(15(8-10)23-5)28-19-18(27-13(4)22)17(26-12(3)21)16(9-24-19)25-11(2)20/h6-8,16-19H,9H2,1-5H3/t16-,17+,18-,19+/m1/s1. The fourth-order valence-corrected chi connectivity index (χ4v) is 2.81. The molecule has 1 aromatic carbocycles. The fraction of sp³-hybridized carbons (Fsp3) is 0.526. The van der Waals surface area contributed by atoms with Crippen LogP contribution in [0.3, 0.4) is 0 Å². The van der Waals surface area contributed by atoms with Gasteiger partial charge in [-0.1, -0.05) is 6.07 Å². The molecule has 2 rings (SSSR count). The Morgan fingerprint density at radius 2 is 1.54 bits per heavy atom. The Labute approximate surface area is 162 Å². The molecule has 1 aliphatic rings. The van der Waals surface area contributed by atoms with Crippen LogP contribution in [0.15, 0.2) is 18.2 Å². The molecule has 1 aliphatic heterocycles. The molecule has 0 aliphatic carbocycles. The smallest absolute Gasteiger partial charge is 0.303 e. The molecular weight excluding hydrogens is 372 g/mol. The molecule has 0 saturated carbocycles. The number of esters is 3. The van der Waals surface area contributed by atoms with Crippen molar-refractivity contribution in [3.8, 4) is 11.5 Å². The third-order valence-electron chi connectivity index (χ3n) is 3.87. The summed E-state index contributed by atoms with van der Waals surface area (Å²) >= 11 is 0. The molecule has 0 spiro atoms. The van der Waals surface area contributed by atoms with Crippen LogP contribution < -0.4 is 9.47 Å². The van der Waals surface area contributed by atoms with E-state index in [1.807, 2.05) is 13.0 Å². The van der Waals surface area contributed by atoms with Gasteiger partial charge in [-0.3, -0.25) is 14.4 Å². The third kappa shape index (κ3) is 5.59. The molecule has 0 bridgehead atoms. The number of carbonyl (C=O) groups excluding carboxylic acids is 3. The zero-order valence-corrected chi connectivity index (χ0v) is 16.4. The van der Waals surface area contributed by atoms with Gasteiger partial charge in [-0.15, -0.1) is 0 Å². The van der Waals surface area contributed by atoms with Crippen LogP contribution in [0.2, 0.25) is 0 Å². The summed E-state index contributed by atoms with van der Waals surface area (Å²) in [5.41, 5.74) is 0.956. The summed E-state index contributed by atoms with van der Waals surface area (Å²) in [5.74, 6) is -1.06. The Morgan fingerprint density at radius 3 is 2.11 bits per heavy atom. The maximum Gasteiger partial charge on any atom is 0.303 e. The number of ether oxygens (including phenoxy) is 6. The molecule has 9 nitrogen and oxygen atoms in total. The maximum atomic E-state index is 11.6. The number of methoxy groups -OCH3 is 1. The highest BCUT2D eigenvalue weighted by Gasteiger charge is 2.48. The van der Waals surface area contributed by atoms with Gasteiger partial charge in [0.15, 0.2) is 23.7 Å². The summed E-state index contributed by atoms with van der Waals surface area (Å²) in [6, 6.07) is 5.26. The van der Waals surface area contributed by atoms with Gasteiger partial charge in [0.25, 0.3) is 0 Å². The minimum absolute atomic E-state index is 0.117. The fourth-order valence-electron chi connectivity index (χ4n) is 2.81. The Kier molecular flexibility index (Phi) is 7.22. The van der Waals surface area contributed by atoms with Crippen LogP contribution in [-0.4, -0.2) is 56.2 Å². The van der Waals surface area contributed by atoms with E-state index in [9.17, 15) is 14.4 Å². The van der Waals surface area contributed by atoms with E-state index in [-0.39, 0.29) is 6.61 Å². The second-order valence-electron chi connectivity index (χ2n) is 6.27. The highest BCUT2D eigenvalue weighted by molar-refractivity contribution is 5.68. The number of benzene rings is 1. The Morgan fingerprint density at radius 1 is 0.929 bits per heavy atom. The van der Waals surface area contributed by atoms with Crippen molar-refractivity contribution in [3.05, 3.63) is 23.8 Å². The highest BCUT2D eigenvalue weighted by atomic mass is 16.7. The lowest BCUT2D eigenvalue weighted by atomic mass is 10.0. The van der Waals surface area contributed by atoms with Gasteiger partial charge in [0.05, 0.1) is 13.7 Å². The number of carbonyl (C=O) groups is 3. The molecule has 28 heavy (non-hydrogen) atoms. The van der Waals surface area contributed by atoms with Crippen LogP contribution in [0.4, 0.5) is 0 Å². The van der Waals surface area contributed by atoms with Crippen LogP contribution >= 0.6 is 0 Å². The normalized spacial score (nSPS) is 24.0. The van der Waals surface area contributed by atoms with Crippen LogP contribution in [0, 0.1) is 6.92 Å². The number of rotatable bonds is 6. The first-order chi connectivity index (χ1) is 13.2. The molecule has 0 N–H and O–H groups in total. The molecule has 0 radical (unpaired) electrons. The zero-order chi connectivity index (χ0) is 20.8. The van der Waals surface area contributed by atoms with Crippen LogP contribution in [-0.2, 0) is 33.3 Å². The topological polar surface area (TPSA) is 107 Å². The molecule has 1 aromatic rings. The van der Waals surface area contributed by atoms with E-state index in [0.717, 1.165) is 5.56 Å². The van der Waals surface area contributed by atoms with Gasteiger partial charge < -0.3 is 28.4 Å².